The lowest BCUT2D eigenvalue weighted by Crippen LogP contribution is -2.40. The second-order valence-electron chi connectivity index (χ2n) is 2.23. The number of nitrogens with zero attached hydrogens (tertiary/aromatic N) is 1. The van der Waals surface area contributed by atoms with Gasteiger partial charge in [0.15, 0.2) is 5.11 Å². The first kappa shape index (κ1) is 8.95. The third-order valence-electron chi connectivity index (χ3n) is 1.37. The van der Waals surface area contributed by atoms with E-state index in [1.807, 2.05) is 0 Å². The summed E-state index contributed by atoms with van der Waals surface area (Å²) < 4.78 is 0. The van der Waals surface area contributed by atoms with E-state index in [0.717, 1.165) is 18.7 Å². The fourth-order valence-electron chi connectivity index (χ4n) is 0.783. The highest BCUT2D eigenvalue weighted by Gasteiger charge is 1.94. The van der Waals surface area contributed by atoms with Gasteiger partial charge in [-0.25, -0.2) is 10.8 Å². The van der Waals surface area contributed by atoms with Gasteiger partial charge in [-0.2, -0.15) is 0 Å². The largest absolute Gasteiger partial charge is 0.361 e. The number of H-pyrrole nitrogens is 1. The topological polar surface area (TPSA) is 78.8 Å². The molecule has 0 radical (unpaired) electrons. The van der Waals surface area contributed by atoms with Crippen molar-refractivity contribution in [2.75, 3.05) is 6.54 Å². The summed E-state index contributed by atoms with van der Waals surface area (Å²) in [6, 6.07) is 0. The summed E-state index contributed by atoms with van der Waals surface area (Å²) >= 11 is 4.78. The molecule has 12 heavy (non-hydrogen) atoms. The Morgan fingerprint density at radius 2 is 2.58 bits per heavy atom. The second kappa shape index (κ2) is 4.68. The fourth-order valence-corrected chi connectivity index (χ4v) is 0.885. The third kappa shape index (κ3) is 2.85. The molecule has 0 unspecified atom stereocenters. The molecule has 5 N–H and O–H groups in total. The van der Waals surface area contributed by atoms with Crippen LogP contribution in [0, 0.1) is 0 Å². The number of nitrogens with one attached hydrogen (secondary N) is 3. The van der Waals surface area contributed by atoms with E-state index >= 15 is 0 Å². The molecule has 0 spiro atoms. The standard InChI is InChI=1S/C6H11N5S/c7-11-6(12)9-2-1-5-3-8-4-10-5/h3-4H,1-2,7H2,(H,8,10)(H2,9,11,12). The molecule has 0 aliphatic carbocycles. The van der Waals surface area contributed by atoms with Crippen LogP contribution in [0.4, 0.5) is 0 Å². The monoisotopic (exact) mass is 185 g/mol. The van der Waals surface area contributed by atoms with E-state index < -0.39 is 0 Å². The molecule has 1 aromatic rings. The third-order valence-corrected chi connectivity index (χ3v) is 1.63. The molecule has 66 valence electrons. The molecule has 0 atom stereocenters. The van der Waals surface area contributed by atoms with Crippen molar-refractivity contribution in [3.8, 4) is 0 Å². The summed E-state index contributed by atoms with van der Waals surface area (Å²) in [5.41, 5.74) is 3.41. The van der Waals surface area contributed by atoms with Crippen LogP contribution in [0.2, 0.25) is 0 Å². The number of imidazole rings is 1. The van der Waals surface area contributed by atoms with E-state index in [2.05, 4.69) is 20.7 Å². The van der Waals surface area contributed by atoms with Crippen molar-refractivity contribution in [3.05, 3.63) is 18.2 Å². The van der Waals surface area contributed by atoms with E-state index in [9.17, 15) is 0 Å². The molecule has 0 bridgehead atoms. The van der Waals surface area contributed by atoms with Crippen molar-refractivity contribution < 1.29 is 0 Å². The van der Waals surface area contributed by atoms with Gasteiger partial charge in [-0.3, -0.25) is 0 Å². The van der Waals surface area contributed by atoms with Gasteiger partial charge in [0.1, 0.15) is 0 Å². The zero-order valence-corrected chi connectivity index (χ0v) is 7.32. The van der Waals surface area contributed by atoms with Crippen LogP contribution in [-0.2, 0) is 6.42 Å². The van der Waals surface area contributed by atoms with Crippen LogP contribution >= 0.6 is 12.2 Å². The van der Waals surface area contributed by atoms with Crippen molar-refractivity contribution in [1.29, 1.82) is 0 Å². The van der Waals surface area contributed by atoms with Crippen LogP contribution < -0.4 is 16.6 Å². The van der Waals surface area contributed by atoms with Gasteiger partial charge in [0, 0.05) is 24.9 Å². The van der Waals surface area contributed by atoms with Crippen molar-refractivity contribution in [2.24, 2.45) is 5.84 Å². The highest BCUT2D eigenvalue weighted by Crippen LogP contribution is 1.89. The Balaban J connectivity index is 2.15. The highest BCUT2D eigenvalue weighted by molar-refractivity contribution is 7.80. The van der Waals surface area contributed by atoms with Gasteiger partial charge >= 0.3 is 0 Å². The molecule has 0 amide bonds. The SMILES string of the molecule is NNC(=S)NCCc1cnc[nH]1. The quantitative estimate of drug-likeness (QED) is 0.284. The molecule has 0 saturated carbocycles. The van der Waals surface area contributed by atoms with Crippen molar-refractivity contribution >= 4 is 17.3 Å². The molecule has 1 rings (SSSR count). The first-order chi connectivity index (χ1) is 5.83. The van der Waals surface area contributed by atoms with E-state index in [0.29, 0.717) is 5.11 Å². The maximum atomic E-state index is 5.06. The predicted octanol–water partition coefficient (Wildman–Crippen LogP) is -0.710. The molecule has 0 fully saturated rings. The molecular weight excluding hydrogens is 174 g/mol. The molecule has 0 aromatic carbocycles. The minimum absolute atomic E-state index is 0.453. The number of hydrogen-bond donors (Lipinski definition) is 4. The van der Waals surface area contributed by atoms with Crippen LogP contribution in [0.5, 0.6) is 0 Å². The second-order valence-corrected chi connectivity index (χ2v) is 2.64. The molecule has 5 nitrogen and oxygen atoms in total. The van der Waals surface area contributed by atoms with E-state index in [1.54, 1.807) is 12.5 Å². The van der Waals surface area contributed by atoms with Gasteiger partial charge in [-0.1, -0.05) is 0 Å². The van der Waals surface area contributed by atoms with Gasteiger partial charge in [-0.15, -0.1) is 0 Å². The lowest BCUT2D eigenvalue weighted by atomic mass is 10.3. The summed E-state index contributed by atoms with van der Waals surface area (Å²) in [6.45, 7) is 0.741. The molecular formula is C6H11N5S. The van der Waals surface area contributed by atoms with Crippen LogP contribution in [0.3, 0.4) is 0 Å². The predicted molar refractivity (Wildman–Crippen MR) is 50.2 cm³/mol. The number of thiocarbonyl (C=S) groups is 1. The molecule has 0 saturated heterocycles. The Bertz CT molecular complexity index is 232. The minimum Gasteiger partial charge on any atom is -0.361 e. The highest BCUT2D eigenvalue weighted by atomic mass is 32.1. The number of rotatable bonds is 3. The zero-order chi connectivity index (χ0) is 8.81. The van der Waals surface area contributed by atoms with Crippen molar-refractivity contribution in [1.82, 2.24) is 20.7 Å². The molecule has 1 heterocycles. The molecule has 0 aliphatic rings. The lowest BCUT2D eigenvalue weighted by molar-refractivity contribution is 0.823. The summed E-state index contributed by atoms with van der Waals surface area (Å²) in [4.78, 5) is 6.87. The Labute approximate surface area is 75.7 Å². The summed E-state index contributed by atoms with van der Waals surface area (Å²) in [7, 11) is 0. The van der Waals surface area contributed by atoms with Crippen LogP contribution in [-0.4, -0.2) is 21.6 Å². The maximum Gasteiger partial charge on any atom is 0.180 e. The Hall–Kier alpha value is -1.14. The molecule has 6 heteroatoms. The first-order valence-corrected chi connectivity index (χ1v) is 3.95. The van der Waals surface area contributed by atoms with Crippen LogP contribution in [0.25, 0.3) is 0 Å². The molecule has 1 aromatic heterocycles. The summed E-state index contributed by atoms with van der Waals surface area (Å²) in [5.74, 6) is 5.06. The number of nitrogens with two attached hydrogens (primary N) is 1. The normalized spacial score (nSPS) is 9.42. The average molecular weight is 185 g/mol. The van der Waals surface area contributed by atoms with Crippen LogP contribution in [0.15, 0.2) is 12.5 Å². The lowest BCUT2D eigenvalue weighted by Gasteiger charge is -2.04. The van der Waals surface area contributed by atoms with Gasteiger partial charge in [0.05, 0.1) is 6.33 Å². The number of aromatic amines is 1. The van der Waals surface area contributed by atoms with Crippen molar-refractivity contribution in [3.63, 3.8) is 0 Å². The first-order valence-electron chi connectivity index (χ1n) is 3.54. The summed E-state index contributed by atoms with van der Waals surface area (Å²) in [6.07, 6.45) is 4.28. The smallest absolute Gasteiger partial charge is 0.180 e. The minimum atomic E-state index is 0.453. The van der Waals surface area contributed by atoms with Gasteiger partial charge in [-0.05, 0) is 12.2 Å². The van der Waals surface area contributed by atoms with E-state index in [-0.39, 0.29) is 0 Å². The number of aromatic nitrogens is 2. The van der Waals surface area contributed by atoms with Gasteiger partial charge in [0.25, 0.3) is 0 Å². The summed E-state index contributed by atoms with van der Waals surface area (Å²) in [5, 5.41) is 3.37. The fraction of sp³-hybridized carbons (Fsp3) is 0.333. The average Bonchev–Trinajstić information content (AvgIpc) is 2.57. The van der Waals surface area contributed by atoms with E-state index in [1.165, 1.54) is 0 Å². The van der Waals surface area contributed by atoms with Gasteiger partial charge < -0.3 is 15.7 Å². The van der Waals surface area contributed by atoms with Gasteiger partial charge in [0.2, 0.25) is 0 Å². The molecule has 0 aliphatic heterocycles. The number of hydrazine groups is 1. The Kier molecular flexibility index (Phi) is 3.49. The number of hydrogen-bond acceptors (Lipinski definition) is 3. The maximum absolute atomic E-state index is 5.06. The van der Waals surface area contributed by atoms with E-state index in [4.69, 9.17) is 18.1 Å². The van der Waals surface area contributed by atoms with Crippen LogP contribution in [0.1, 0.15) is 5.69 Å². The Morgan fingerprint density at radius 1 is 1.75 bits per heavy atom. The van der Waals surface area contributed by atoms with Crippen molar-refractivity contribution in [2.45, 2.75) is 6.42 Å². The Morgan fingerprint density at radius 3 is 3.17 bits per heavy atom. The zero-order valence-electron chi connectivity index (χ0n) is 6.50.